The molecule has 0 aromatic rings. The smallest absolute Gasteiger partial charge is 0.328 e. The van der Waals surface area contributed by atoms with Crippen molar-refractivity contribution in [3.05, 3.63) is 12.2 Å². The zero-order valence-corrected chi connectivity index (χ0v) is 11.8. The Bertz CT molecular complexity index is 354. The largest absolute Gasteiger partial charge is 0.478 e. The van der Waals surface area contributed by atoms with Gasteiger partial charge in [-0.1, -0.05) is 27.7 Å². The second-order valence-electron chi connectivity index (χ2n) is 5.02. The first-order chi connectivity index (χ1) is 8.73. The molecule has 0 rings (SSSR count). The highest BCUT2D eigenvalue weighted by molar-refractivity contribution is 6.02. The third-order valence-electron chi connectivity index (χ3n) is 2.82. The van der Waals surface area contributed by atoms with Crippen LogP contribution in [0.5, 0.6) is 0 Å². The summed E-state index contributed by atoms with van der Waals surface area (Å²) in [6.45, 7) is 8.77. The van der Waals surface area contributed by atoms with Gasteiger partial charge < -0.3 is 10.4 Å². The molecule has 3 N–H and O–H groups in total. The Balaban J connectivity index is 4.18. The summed E-state index contributed by atoms with van der Waals surface area (Å²) in [4.78, 5) is 32.8. The van der Waals surface area contributed by atoms with Crippen LogP contribution in [-0.4, -0.2) is 29.6 Å². The number of urea groups is 1. The molecule has 6 heteroatoms. The molecule has 0 aromatic carbocycles. The van der Waals surface area contributed by atoms with E-state index in [0.717, 1.165) is 6.08 Å². The van der Waals surface area contributed by atoms with Crippen LogP contribution in [-0.2, 0) is 9.59 Å². The van der Waals surface area contributed by atoms with Crippen molar-refractivity contribution in [2.45, 2.75) is 27.7 Å². The Hall–Kier alpha value is -1.85. The van der Waals surface area contributed by atoms with E-state index in [1.165, 1.54) is 0 Å². The lowest BCUT2D eigenvalue weighted by molar-refractivity contribution is -0.131. The highest BCUT2D eigenvalue weighted by Gasteiger charge is 2.18. The molecular weight excluding hydrogens is 248 g/mol. The van der Waals surface area contributed by atoms with Crippen molar-refractivity contribution in [3.63, 3.8) is 0 Å². The van der Waals surface area contributed by atoms with E-state index in [1.807, 2.05) is 5.32 Å². The van der Waals surface area contributed by atoms with Crippen molar-refractivity contribution in [2.24, 2.45) is 17.8 Å². The molecule has 3 amide bonds. The van der Waals surface area contributed by atoms with E-state index in [0.29, 0.717) is 30.4 Å². The lowest BCUT2D eigenvalue weighted by Crippen LogP contribution is -2.42. The minimum Gasteiger partial charge on any atom is -0.478 e. The number of carbonyl (C=O) groups excluding carboxylic acids is 2. The number of carboxylic acids is 1. The third-order valence-corrected chi connectivity index (χ3v) is 2.82. The summed E-state index contributed by atoms with van der Waals surface area (Å²) in [5.41, 5.74) is 0. The van der Waals surface area contributed by atoms with Crippen LogP contribution in [0.2, 0.25) is 0 Å². The van der Waals surface area contributed by atoms with Gasteiger partial charge in [-0.25, -0.2) is 9.59 Å². The van der Waals surface area contributed by atoms with Crippen molar-refractivity contribution < 1.29 is 19.5 Å². The topological polar surface area (TPSA) is 95.5 Å². The van der Waals surface area contributed by atoms with Crippen molar-refractivity contribution in [1.82, 2.24) is 10.6 Å². The fourth-order valence-electron chi connectivity index (χ4n) is 1.80. The molecule has 0 saturated heterocycles. The van der Waals surface area contributed by atoms with Gasteiger partial charge >= 0.3 is 12.0 Å². The molecule has 108 valence electrons. The molecule has 0 aliphatic rings. The minimum atomic E-state index is -1.24. The SMILES string of the molecule is CC(C)C(CNC(=O)NC(=O)/C=C/C(=O)O)C(C)C. The quantitative estimate of drug-likeness (QED) is 0.635. The lowest BCUT2D eigenvalue weighted by atomic mass is 9.85. The second kappa shape index (κ2) is 8.29. The molecule has 0 saturated carbocycles. The molecule has 0 unspecified atom stereocenters. The molecule has 0 radical (unpaired) electrons. The molecule has 0 aliphatic heterocycles. The van der Waals surface area contributed by atoms with E-state index in [4.69, 9.17) is 5.11 Å². The summed E-state index contributed by atoms with van der Waals surface area (Å²) in [5.74, 6) is -0.845. The average molecular weight is 270 g/mol. The summed E-state index contributed by atoms with van der Waals surface area (Å²) in [7, 11) is 0. The van der Waals surface area contributed by atoms with Gasteiger partial charge in [-0.05, 0) is 17.8 Å². The molecular formula is C13H22N2O4. The highest BCUT2D eigenvalue weighted by Crippen LogP contribution is 2.19. The van der Waals surface area contributed by atoms with Crippen LogP contribution < -0.4 is 10.6 Å². The van der Waals surface area contributed by atoms with Crippen LogP contribution in [0.1, 0.15) is 27.7 Å². The van der Waals surface area contributed by atoms with Crippen LogP contribution in [0.25, 0.3) is 0 Å². The molecule has 0 aromatic heterocycles. The summed E-state index contributed by atoms with van der Waals surface area (Å²) in [6, 6.07) is -0.619. The standard InChI is InChI=1S/C13H22N2O4/c1-8(2)10(9(3)4)7-14-13(19)15-11(16)5-6-12(17)18/h5-6,8-10H,7H2,1-4H3,(H,17,18)(H2,14,15,16,19)/b6-5+. The zero-order chi connectivity index (χ0) is 15.0. The fraction of sp³-hybridized carbons (Fsp3) is 0.615. The summed E-state index contributed by atoms with van der Waals surface area (Å²) < 4.78 is 0. The maximum Gasteiger partial charge on any atom is 0.328 e. The van der Waals surface area contributed by atoms with Crippen molar-refractivity contribution in [1.29, 1.82) is 0 Å². The summed E-state index contributed by atoms with van der Waals surface area (Å²) in [5, 5.41) is 13.0. The first-order valence-electron chi connectivity index (χ1n) is 6.23. The first kappa shape index (κ1) is 17.2. The Morgan fingerprint density at radius 2 is 1.58 bits per heavy atom. The summed E-state index contributed by atoms with van der Waals surface area (Å²) in [6.07, 6.45) is 1.47. The average Bonchev–Trinajstić information content (AvgIpc) is 2.25. The van der Waals surface area contributed by atoms with Crippen LogP contribution in [0, 0.1) is 17.8 Å². The maximum atomic E-state index is 11.4. The van der Waals surface area contributed by atoms with Gasteiger partial charge in [0.2, 0.25) is 0 Å². The number of nitrogens with one attached hydrogen (secondary N) is 2. The predicted molar refractivity (Wildman–Crippen MR) is 71.5 cm³/mol. The number of carbonyl (C=O) groups is 3. The number of aliphatic carboxylic acids is 1. The third kappa shape index (κ3) is 7.96. The zero-order valence-electron chi connectivity index (χ0n) is 11.8. The van der Waals surface area contributed by atoms with E-state index in [-0.39, 0.29) is 0 Å². The number of imide groups is 1. The van der Waals surface area contributed by atoms with Gasteiger partial charge in [0.1, 0.15) is 0 Å². The van der Waals surface area contributed by atoms with E-state index >= 15 is 0 Å². The van der Waals surface area contributed by atoms with E-state index in [9.17, 15) is 14.4 Å². The van der Waals surface area contributed by atoms with Crippen LogP contribution in [0.4, 0.5) is 4.79 Å². The number of amides is 3. The fourth-order valence-corrected chi connectivity index (χ4v) is 1.80. The maximum absolute atomic E-state index is 11.4. The molecule has 0 bridgehead atoms. The predicted octanol–water partition coefficient (Wildman–Crippen LogP) is 1.38. The van der Waals surface area contributed by atoms with Gasteiger partial charge in [-0.2, -0.15) is 0 Å². The summed E-state index contributed by atoms with van der Waals surface area (Å²) >= 11 is 0. The minimum absolute atomic E-state index is 0.315. The van der Waals surface area contributed by atoms with Crippen molar-refractivity contribution in [3.8, 4) is 0 Å². The number of rotatable bonds is 6. The highest BCUT2D eigenvalue weighted by atomic mass is 16.4. The normalized spacial score (nSPS) is 11.3. The van der Waals surface area contributed by atoms with Gasteiger partial charge in [0.25, 0.3) is 5.91 Å². The monoisotopic (exact) mass is 270 g/mol. The van der Waals surface area contributed by atoms with Gasteiger partial charge in [-0.3, -0.25) is 10.1 Å². The van der Waals surface area contributed by atoms with Crippen LogP contribution in [0.15, 0.2) is 12.2 Å². The van der Waals surface area contributed by atoms with E-state index in [1.54, 1.807) is 0 Å². The molecule has 0 aliphatic carbocycles. The first-order valence-corrected chi connectivity index (χ1v) is 6.23. The number of hydrogen-bond acceptors (Lipinski definition) is 3. The Kier molecular flexibility index (Phi) is 7.48. The van der Waals surface area contributed by atoms with Crippen molar-refractivity contribution in [2.75, 3.05) is 6.54 Å². The molecule has 0 atom stereocenters. The second-order valence-corrected chi connectivity index (χ2v) is 5.02. The Morgan fingerprint density at radius 1 is 1.05 bits per heavy atom. The van der Waals surface area contributed by atoms with Gasteiger partial charge in [0, 0.05) is 18.7 Å². The number of carboxylic acid groups (broad SMARTS) is 1. The lowest BCUT2D eigenvalue weighted by Gasteiger charge is -2.24. The molecule has 0 fully saturated rings. The van der Waals surface area contributed by atoms with Crippen LogP contribution in [0.3, 0.4) is 0 Å². The number of hydrogen-bond donors (Lipinski definition) is 3. The molecule has 6 nitrogen and oxygen atoms in total. The molecule has 19 heavy (non-hydrogen) atoms. The van der Waals surface area contributed by atoms with Crippen LogP contribution >= 0.6 is 0 Å². The Labute approximate surface area is 113 Å². The van der Waals surface area contributed by atoms with Gasteiger partial charge in [0.15, 0.2) is 0 Å². The van der Waals surface area contributed by atoms with E-state index < -0.39 is 17.9 Å². The van der Waals surface area contributed by atoms with Gasteiger partial charge in [-0.15, -0.1) is 0 Å². The van der Waals surface area contributed by atoms with Crippen molar-refractivity contribution >= 4 is 17.9 Å². The molecule has 0 spiro atoms. The Morgan fingerprint density at radius 3 is 2.00 bits per heavy atom. The van der Waals surface area contributed by atoms with Gasteiger partial charge in [0.05, 0.1) is 0 Å². The molecule has 0 heterocycles. The van der Waals surface area contributed by atoms with E-state index in [2.05, 4.69) is 33.0 Å².